The highest BCUT2D eigenvalue weighted by Crippen LogP contribution is 2.18. The minimum atomic E-state index is 0.142. The van der Waals surface area contributed by atoms with Gasteiger partial charge in [-0.3, -0.25) is 4.79 Å². The van der Waals surface area contributed by atoms with E-state index < -0.39 is 0 Å². The molecule has 130 valence electrons. The van der Waals surface area contributed by atoms with Gasteiger partial charge in [0.2, 0.25) is 5.91 Å². The molecule has 24 heavy (non-hydrogen) atoms. The summed E-state index contributed by atoms with van der Waals surface area (Å²) in [4.78, 5) is 15.6. The zero-order valence-electron chi connectivity index (χ0n) is 14.9. The summed E-state index contributed by atoms with van der Waals surface area (Å²) in [7, 11) is 4.11. The van der Waals surface area contributed by atoms with Crippen LogP contribution in [-0.4, -0.2) is 31.4 Å². The second-order valence-corrected chi connectivity index (χ2v) is 7.34. The number of amides is 1. The van der Waals surface area contributed by atoms with Crippen molar-refractivity contribution in [2.75, 3.05) is 20.6 Å². The number of likely N-dealkylation sites (N-methyl/N-ethyl adjacent to an activating group) is 1. The van der Waals surface area contributed by atoms with Crippen LogP contribution in [0.2, 0.25) is 0 Å². The lowest BCUT2D eigenvalue weighted by Gasteiger charge is -2.25. The highest BCUT2D eigenvalue weighted by atomic mass is 32.1. The third kappa shape index (κ3) is 5.77. The first kappa shape index (κ1) is 18.7. The minimum absolute atomic E-state index is 0.142. The summed E-state index contributed by atoms with van der Waals surface area (Å²) in [5, 5.41) is 5.18. The van der Waals surface area contributed by atoms with Crippen LogP contribution in [0, 0.1) is 0 Å². The molecule has 1 aromatic heterocycles. The summed E-state index contributed by atoms with van der Waals surface area (Å²) in [6.45, 7) is 2.81. The molecule has 1 unspecified atom stereocenters. The zero-order valence-corrected chi connectivity index (χ0v) is 15.7. The van der Waals surface area contributed by atoms with Crippen LogP contribution in [0.25, 0.3) is 0 Å². The minimum Gasteiger partial charge on any atom is -0.354 e. The monoisotopic (exact) mass is 344 g/mol. The van der Waals surface area contributed by atoms with Crippen LogP contribution < -0.4 is 5.32 Å². The van der Waals surface area contributed by atoms with Gasteiger partial charge in [0.15, 0.2) is 0 Å². The molecule has 0 fully saturated rings. The van der Waals surface area contributed by atoms with Gasteiger partial charge in [-0.25, -0.2) is 0 Å². The molecule has 1 atom stereocenters. The smallest absolute Gasteiger partial charge is 0.220 e. The Labute approximate surface area is 149 Å². The molecule has 0 aliphatic carbocycles. The summed E-state index contributed by atoms with van der Waals surface area (Å²) in [6, 6.07) is 13.1. The lowest BCUT2D eigenvalue weighted by atomic mass is 10.0. The largest absolute Gasteiger partial charge is 0.354 e. The Balaban J connectivity index is 1.80. The lowest BCUT2D eigenvalue weighted by Crippen LogP contribution is -2.34. The van der Waals surface area contributed by atoms with Gasteiger partial charge in [0, 0.05) is 17.8 Å². The second-order valence-electron chi connectivity index (χ2n) is 6.31. The Kier molecular flexibility index (Phi) is 7.47. The third-order valence-electron chi connectivity index (χ3n) is 4.30. The maximum atomic E-state index is 12.1. The van der Waals surface area contributed by atoms with Gasteiger partial charge in [0.05, 0.1) is 6.04 Å². The van der Waals surface area contributed by atoms with Crippen molar-refractivity contribution in [3.63, 3.8) is 0 Å². The summed E-state index contributed by atoms with van der Waals surface area (Å²) in [6.07, 6.45) is 3.53. The van der Waals surface area contributed by atoms with E-state index in [-0.39, 0.29) is 11.9 Å². The molecule has 0 spiro atoms. The Morgan fingerprint density at radius 1 is 1.21 bits per heavy atom. The molecule has 0 saturated heterocycles. The quantitative estimate of drug-likeness (QED) is 0.744. The average molecular weight is 345 g/mol. The Morgan fingerprint density at radius 2 is 1.96 bits per heavy atom. The molecular formula is C20H28N2OS. The third-order valence-corrected chi connectivity index (χ3v) is 5.23. The second kappa shape index (κ2) is 9.60. The molecule has 0 saturated carbocycles. The number of carbonyl (C=O) groups is 1. The van der Waals surface area contributed by atoms with E-state index in [1.807, 2.05) is 0 Å². The van der Waals surface area contributed by atoms with E-state index in [0.29, 0.717) is 13.0 Å². The topological polar surface area (TPSA) is 32.3 Å². The number of nitrogens with zero attached hydrogens (tertiary/aromatic N) is 1. The molecule has 1 amide bonds. The molecule has 0 bridgehead atoms. The molecule has 1 heterocycles. The molecule has 2 rings (SSSR count). The Hall–Kier alpha value is -1.65. The van der Waals surface area contributed by atoms with Gasteiger partial charge in [-0.1, -0.05) is 37.3 Å². The molecule has 4 heteroatoms. The van der Waals surface area contributed by atoms with E-state index in [1.165, 1.54) is 16.0 Å². The molecular weight excluding hydrogens is 316 g/mol. The number of rotatable bonds is 9. The van der Waals surface area contributed by atoms with Gasteiger partial charge in [0.25, 0.3) is 0 Å². The normalized spacial score (nSPS) is 12.3. The van der Waals surface area contributed by atoms with E-state index in [1.54, 1.807) is 11.3 Å². The predicted octanol–water partition coefficient (Wildman–Crippen LogP) is 4.05. The first-order valence-electron chi connectivity index (χ1n) is 8.64. The van der Waals surface area contributed by atoms with Crippen LogP contribution in [-0.2, 0) is 17.6 Å². The first-order chi connectivity index (χ1) is 11.6. The van der Waals surface area contributed by atoms with E-state index >= 15 is 0 Å². The predicted molar refractivity (Wildman–Crippen MR) is 103 cm³/mol. The van der Waals surface area contributed by atoms with Crippen molar-refractivity contribution in [3.8, 4) is 0 Å². The van der Waals surface area contributed by atoms with Gasteiger partial charge in [0.1, 0.15) is 0 Å². The van der Waals surface area contributed by atoms with Crippen molar-refractivity contribution in [1.82, 2.24) is 10.2 Å². The van der Waals surface area contributed by atoms with Crippen LogP contribution in [0.15, 0.2) is 41.8 Å². The number of hydrogen-bond donors (Lipinski definition) is 1. The van der Waals surface area contributed by atoms with Crippen LogP contribution in [0.5, 0.6) is 0 Å². The number of hydrogen-bond acceptors (Lipinski definition) is 3. The maximum Gasteiger partial charge on any atom is 0.220 e. The fraction of sp³-hybridized carbons (Fsp3) is 0.450. The molecule has 2 aromatic rings. The highest BCUT2D eigenvalue weighted by molar-refractivity contribution is 7.09. The molecule has 0 aliphatic rings. The van der Waals surface area contributed by atoms with Gasteiger partial charge in [-0.15, -0.1) is 11.3 Å². The maximum absolute atomic E-state index is 12.1. The van der Waals surface area contributed by atoms with Crippen molar-refractivity contribution in [3.05, 3.63) is 57.8 Å². The van der Waals surface area contributed by atoms with E-state index in [9.17, 15) is 4.79 Å². The Bertz CT molecular complexity index is 605. The van der Waals surface area contributed by atoms with Crippen LogP contribution >= 0.6 is 11.3 Å². The molecule has 3 nitrogen and oxygen atoms in total. The fourth-order valence-electron chi connectivity index (χ4n) is 2.75. The van der Waals surface area contributed by atoms with Crippen molar-refractivity contribution < 1.29 is 4.79 Å². The summed E-state index contributed by atoms with van der Waals surface area (Å²) >= 11 is 1.76. The van der Waals surface area contributed by atoms with Gasteiger partial charge < -0.3 is 10.2 Å². The SMILES string of the molecule is CCc1ccc(C(CNC(=O)CCCc2cccs2)N(C)C)cc1. The van der Waals surface area contributed by atoms with Gasteiger partial charge >= 0.3 is 0 Å². The zero-order chi connectivity index (χ0) is 17.4. The molecule has 0 aliphatic heterocycles. The van der Waals surface area contributed by atoms with Crippen molar-refractivity contribution in [2.24, 2.45) is 0 Å². The Morgan fingerprint density at radius 3 is 2.54 bits per heavy atom. The standard InChI is InChI=1S/C20H28N2OS/c1-4-16-10-12-17(13-11-16)19(22(2)3)15-21-20(23)9-5-7-18-8-6-14-24-18/h6,8,10-14,19H,4-5,7,9,15H2,1-3H3,(H,21,23). The number of benzene rings is 1. The fourth-order valence-corrected chi connectivity index (χ4v) is 3.50. The molecule has 1 aromatic carbocycles. The molecule has 1 N–H and O–H groups in total. The van der Waals surface area contributed by atoms with Gasteiger partial charge in [-0.05, 0) is 55.9 Å². The first-order valence-corrected chi connectivity index (χ1v) is 9.52. The van der Waals surface area contributed by atoms with Crippen molar-refractivity contribution in [1.29, 1.82) is 0 Å². The number of carbonyl (C=O) groups excluding carboxylic acids is 1. The number of aryl methyl sites for hydroxylation is 2. The summed E-state index contributed by atoms with van der Waals surface area (Å²) < 4.78 is 0. The molecule has 0 radical (unpaired) electrons. The van der Waals surface area contributed by atoms with Gasteiger partial charge in [-0.2, -0.15) is 0 Å². The van der Waals surface area contributed by atoms with E-state index in [2.05, 4.69) is 73.0 Å². The number of thiophene rings is 1. The highest BCUT2D eigenvalue weighted by Gasteiger charge is 2.15. The summed E-state index contributed by atoms with van der Waals surface area (Å²) in [5.74, 6) is 0.142. The number of nitrogens with one attached hydrogen (secondary N) is 1. The van der Waals surface area contributed by atoms with Crippen LogP contribution in [0.3, 0.4) is 0 Å². The van der Waals surface area contributed by atoms with Crippen molar-refractivity contribution in [2.45, 2.75) is 38.6 Å². The van der Waals surface area contributed by atoms with Crippen LogP contribution in [0.1, 0.15) is 41.8 Å². The summed E-state index contributed by atoms with van der Waals surface area (Å²) in [5.41, 5.74) is 2.59. The lowest BCUT2D eigenvalue weighted by molar-refractivity contribution is -0.121. The van der Waals surface area contributed by atoms with E-state index in [0.717, 1.165) is 19.3 Å². The average Bonchev–Trinajstić information content (AvgIpc) is 3.08. The van der Waals surface area contributed by atoms with Crippen molar-refractivity contribution >= 4 is 17.2 Å². The van der Waals surface area contributed by atoms with Crippen LogP contribution in [0.4, 0.5) is 0 Å². The van der Waals surface area contributed by atoms with E-state index in [4.69, 9.17) is 0 Å².